The lowest BCUT2D eigenvalue weighted by molar-refractivity contribution is 0.0984. The maximum atomic E-state index is 12.8. The lowest BCUT2D eigenvalue weighted by Gasteiger charge is -2.31. The molecule has 0 atom stereocenters. The standard InChI is InChI=1S/C16H15BrN2O2/c1-21-13-6-2-4-11-5-3-9-19(15(11)13)16(20)12-7-8-18-14(17)10-12/h2,4,6-8,10H,3,5,9H2,1H3. The van der Waals surface area contributed by atoms with Crippen LogP contribution in [0.1, 0.15) is 22.3 Å². The maximum absolute atomic E-state index is 12.8. The summed E-state index contributed by atoms with van der Waals surface area (Å²) >= 11 is 3.31. The van der Waals surface area contributed by atoms with Gasteiger partial charge in [0.1, 0.15) is 10.4 Å². The molecule has 2 heterocycles. The summed E-state index contributed by atoms with van der Waals surface area (Å²) in [6.07, 6.45) is 3.55. The molecule has 5 heteroatoms. The number of methoxy groups -OCH3 is 1. The van der Waals surface area contributed by atoms with Crippen LogP contribution in [0.5, 0.6) is 5.75 Å². The molecule has 0 saturated heterocycles. The van der Waals surface area contributed by atoms with E-state index in [9.17, 15) is 4.79 Å². The summed E-state index contributed by atoms with van der Waals surface area (Å²) in [5, 5.41) is 0. The van der Waals surface area contributed by atoms with E-state index < -0.39 is 0 Å². The second-order valence-electron chi connectivity index (χ2n) is 4.90. The van der Waals surface area contributed by atoms with E-state index >= 15 is 0 Å². The third kappa shape index (κ3) is 2.65. The molecular formula is C16H15BrN2O2. The van der Waals surface area contributed by atoms with Crippen molar-refractivity contribution in [2.75, 3.05) is 18.6 Å². The molecule has 21 heavy (non-hydrogen) atoms. The summed E-state index contributed by atoms with van der Waals surface area (Å²) in [4.78, 5) is 18.7. The van der Waals surface area contributed by atoms with Crippen LogP contribution in [0.4, 0.5) is 5.69 Å². The molecule has 1 aliphatic heterocycles. The quantitative estimate of drug-likeness (QED) is 0.782. The first-order valence-corrected chi connectivity index (χ1v) is 7.59. The van der Waals surface area contributed by atoms with Gasteiger partial charge in [0.15, 0.2) is 0 Å². The van der Waals surface area contributed by atoms with E-state index in [0.717, 1.165) is 29.8 Å². The fraction of sp³-hybridized carbons (Fsp3) is 0.250. The van der Waals surface area contributed by atoms with Gasteiger partial charge in [-0.2, -0.15) is 0 Å². The smallest absolute Gasteiger partial charge is 0.258 e. The van der Waals surface area contributed by atoms with Crippen molar-refractivity contribution < 1.29 is 9.53 Å². The second kappa shape index (κ2) is 5.85. The van der Waals surface area contributed by atoms with Gasteiger partial charge >= 0.3 is 0 Å². The number of aromatic nitrogens is 1. The van der Waals surface area contributed by atoms with Crippen molar-refractivity contribution in [2.24, 2.45) is 0 Å². The number of amides is 1. The van der Waals surface area contributed by atoms with Gasteiger partial charge in [0.05, 0.1) is 12.8 Å². The van der Waals surface area contributed by atoms with Gasteiger partial charge in [-0.3, -0.25) is 4.79 Å². The average molecular weight is 347 g/mol. The molecule has 0 radical (unpaired) electrons. The largest absolute Gasteiger partial charge is 0.495 e. The van der Waals surface area contributed by atoms with Crippen LogP contribution in [0.15, 0.2) is 41.1 Å². The number of carbonyl (C=O) groups is 1. The molecule has 0 N–H and O–H groups in total. The highest BCUT2D eigenvalue weighted by molar-refractivity contribution is 9.10. The fourth-order valence-corrected chi connectivity index (χ4v) is 3.04. The normalized spacial score (nSPS) is 13.7. The zero-order valence-corrected chi connectivity index (χ0v) is 13.3. The number of nitrogens with zero attached hydrogens (tertiary/aromatic N) is 2. The molecule has 1 aliphatic rings. The van der Waals surface area contributed by atoms with Crippen molar-refractivity contribution in [3.63, 3.8) is 0 Å². The highest BCUT2D eigenvalue weighted by Crippen LogP contribution is 2.36. The SMILES string of the molecule is COc1cccc2c1N(C(=O)c1ccnc(Br)c1)CCC2. The lowest BCUT2D eigenvalue weighted by Crippen LogP contribution is -2.35. The zero-order valence-electron chi connectivity index (χ0n) is 11.7. The van der Waals surface area contributed by atoms with Crippen LogP contribution in [0.25, 0.3) is 0 Å². The first-order valence-electron chi connectivity index (χ1n) is 6.80. The van der Waals surface area contributed by atoms with Gasteiger partial charge < -0.3 is 9.64 Å². The maximum Gasteiger partial charge on any atom is 0.258 e. The van der Waals surface area contributed by atoms with Crippen LogP contribution in [-0.4, -0.2) is 24.5 Å². The van der Waals surface area contributed by atoms with Crippen molar-refractivity contribution in [1.82, 2.24) is 4.98 Å². The Balaban J connectivity index is 2.04. The molecule has 1 aromatic carbocycles. The molecule has 1 aromatic heterocycles. The predicted molar refractivity (Wildman–Crippen MR) is 84.9 cm³/mol. The number of para-hydroxylation sites is 1. The number of hydrogen-bond donors (Lipinski definition) is 0. The Kier molecular flexibility index (Phi) is 3.92. The Hall–Kier alpha value is -1.88. The van der Waals surface area contributed by atoms with Crippen LogP contribution in [0, 0.1) is 0 Å². The second-order valence-corrected chi connectivity index (χ2v) is 5.71. The molecule has 0 unspecified atom stereocenters. The van der Waals surface area contributed by atoms with Crippen LogP contribution in [0.3, 0.4) is 0 Å². The van der Waals surface area contributed by atoms with E-state index in [0.29, 0.717) is 16.7 Å². The number of aryl methyl sites for hydroxylation is 1. The fourth-order valence-electron chi connectivity index (χ4n) is 2.67. The van der Waals surface area contributed by atoms with Crippen LogP contribution in [-0.2, 0) is 6.42 Å². The van der Waals surface area contributed by atoms with Gasteiger partial charge in [0.2, 0.25) is 0 Å². The molecule has 0 aliphatic carbocycles. The summed E-state index contributed by atoms with van der Waals surface area (Å²) in [6.45, 7) is 0.701. The monoisotopic (exact) mass is 346 g/mol. The van der Waals surface area contributed by atoms with E-state index in [2.05, 4.69) is 27.0 Å². The van der Waals surface area contributed by atoms with Crippen molar-refractivity contribution in [3.8, 4) is 5.75 Å². The number of benzene rings is 1. The van der Waals surface area contributed by atoms with Crippen molar-refractivity contribution in [3.05, 3.63) is 52.3 Å². The minimum Gasteiger partial charge on any atom is -0.495 e. The van der Waals surface area contributed by atoms with E-state index in [1.807, 2.05) is 12.1 Å². The minimum atomic E-state index is -0.0245. The number of ether oxygens (including phenoxy) is 1. The average Bonchev–Trinajstić information content (AvgIpc) is 2.53. The van der Waals surface area contributed by atoms with Crippen molar-refractivity contribution >= 4 is 27.5 Å². The van der Waals surface area contributed by atoms with Crippen LogP contribution >= 0.6 is 15.9 Å². The number of carbonyl (C=O) groups excluding carboxylic acids is 1. The molecule has 1 amide bonds. The summed E-state index contributed by atoms with van der Waals surface area (Å²) in [5.41, 5.74) is 2.67. The zero-order chi connectivity index (χ0) is 14.8. The number of pyridine rings is 1. The molecule has 2 aromatic rings. The topological polar surface area (TPSA) is 42.4 Å². The van der Waals surface area contributed by atoms with Crippen molar-refractivity contribution in [1.29, 1.82) is 0 Å². The van der Waals surface area contributed by atoms with Gasteiger partial charge in [0.25, 0.3) is 5.91 Å². The Morgan fingerprint density at radius 3 is 3.00 bits per heavy atom. The predicted octanol–water partition coefficient (Wildman–Crippen LogP) is 3.45. The molecule has 0 saturated carbocycles. The number of fused-ring (bicyclic) bond motifs is 1. The van der Waals surface area contributed by atoms with E-state index in [1.54, 1.807) is 30.3 Å². The van der Waals surface area contributed by atoms with E-state index in [4.69, 9.17) is 4.74 Å². The third-order valence-electron chi connectivity index (χ3n) is 3.62. The molecule has 0 bridgehead atoms. The van der Waals surface area contributed by atoms with Crippen LogP contribution in [0.2, 0.25) is 0 Å². The first-order chi connectivity index (χ1) is 10.2. The lowest BCUT2D eigenvalue weighted by atomic mass is 10.00. The summed E-state index contributed by atoms with van der Waals surface area (Å²) in [5.74, 6) is 0.720. The molecule has 4 nitrogen and oxygen atoms in total. The molecule has 0 spiro atoms. The summed E-state index contributed by atoms with van der Waals surface area (Å²) in [6, 6.07) is 9.39. The Morgan fingerprint density at radius 2 is 2.24 bits per heavy atom. The Bertz CT molecular complexity index is 673. The van der Waals surface area contributed by atoms with E-state index in [-0.39, 0.29) is 5.91 Å². The number of rotatable bonds is 2. The molecular weight excluding hydrogens is 332 g/mol. The highest BCUT2D eigenvalue weighted by Gasteiger charge is 2.26. The number of anilines is 1. The van der Waals surface area contributed by atoms with Gasteiger partial charge in [-0.15, -0.1) is 0 Å². The Labute approximate surface area is 131 Å². The Morgan fingerprint density at radius 1 is 1.38 bits per heavy atom. The molecule has 108 valence electrons. The highest BCUT2D eigenvalue weighted by atomic mass is 79.9. The van der Waals surface area contributed by atoms with Gasteiger partial charge in [-0.25, -0.2) is 4.98 Å². The number of halogens is 1. The molecule has 3 rings (SSSR count). The van der Waals surface area contributed by atoms with Crippen molar-refractivity contribution in [2.45, 2.75) is 12.8 Å². The third-order valence-corrected chi connectivity index (χ3v) is 4.05. The summed E-state index contributed by atoms with van der Waals surface area (Å²) in [7, 11) is 1.63. The van der Waals surface area contributed by atoms with Gasteiger partial charge in [-0.05, 0) is 52.5 Å². The number of hydrogen-bond acceptors (Lipinski definition) is 3. The van der Waals surface area contributed by atoms with E-state index in [1.165, 1.54) is 0 Å². The summed E-state index contributed by atoms with van der Waals surface area (Å²) < 4.78 is 6.10. The first kappa shape index (κ1) is 14.1. The minimum absolute atomic E-state index is 0.0245. The van der Waals surface area contributed by atoms with Gasteiger partial charge in [0, 0.05) is 18.3 Å². The molecule has 0 fully saturated rings. The van der Waals surface area contributed by atoms with Crippen LogP contribution < -0.4 is 9.64 Å². The van der Waals surface area contributed by atoms with Gasteiger partial charge in [-0.1, -0.05) is 12.1 Å².